The summed E-state index contributed by atoms with van der Waals surface area (Å²) in [6.45, 7) is 5.67. The van der Waals surface area contributed by atoms with E-state index in [4.69, 9.17) is 4.74 Å². The minimum atomic E-state index is 0.523. The molecular formula is C14H21N3O. The van der Waals surface area contributed by atoms with Crippen LogP contribution in [-0.2, 0) is 6.42 Å². The number of fused-ring (bicyclic) bond motifs is 1. The first-order valence-electron chi connectivity index (χ1n) is 6.72. The topological polar surface area (TPSA) is 36.5 Å². The molecule has 1 fully saturated rings. The van der Waals surface area contributed by atoms with E-state index in [1.165, 1.54) is 11.3 Å². The van der Waals surface area contributed by atoms with Crippen molar-refractivity contribution in [2.75, 3.05) is 45.2 Å². The molecule has 98 valence electrons. The van der Waals surface area contributed by atoms with Crippen molar-refractivity contribution in [1.29, 1.82) is 0 Å². The van der Waals surface area contributed by atoms with Crippen LogP contribution in [0.1, 0.15) is 5.56 Å². The summed E-state index contributed by atoms with van der Waals surface area (Å²) in [5.74, 6) is 1.02. The van der Waals surface area contributed by atoms with E-state index in [0.717, 1.165) is 44.9 Å². The fourth-order valence-corrected chi connectivity index (χ4v) is 2.94. The van der Waals surface area contributed by atoms with Crippen molar-refractivity contribution in [3.05, 3.63) is 23.8 Å². The Morgan fingerprint density at radius 3 is 2.94 bits per heavy atom. The number of nitrogens with zero attached hydrogens (tertiary/aromatic N) is 1. The molecule has 1 saturated heterocycles. The molecule has 1 aromatic carbocycles. The zero-order chi connectivity index (χ0) is 12.4. The maximum Gasteiger partial charge on any atom is 0.124 e. The standard InChI is InChI=1S/C14H21N3O/c1-18-14-4-2-3-13-12(14)9-11(16-13)10-17-7-5-15-6-8-17/h2-4,11,15-16H,5-10H2,1H3. The Balaban J connectivity index is 1.65. The molecule has 2 heterocycles. The van der Waals surface area contributed by atoms with E-state index >= 15 is 0 Å². The van der Waals surface area contributed by atoms with Crippen molar-refractivity contribution in [2.45, 2.75) is 12.5 Å². The summed E-state index contributed by atoms with van der Waals surface area (Å²) in [7, 11) is 1.75. The minimum absolute atomic E-state index is 0.523. The lowest BCUT2D eigenvalue weighted by Gasteiger charge is -2.29. The number of benzene rings is 1. The summed E-state index contributed by atoms with van der Waals surface area (Å²) >= 11 is 0. The highest BCUT2D eigenvalue weighted by Crippen LogP contribution is 2.33. The smallest absolute Gasteiger partial charge is 0.124 e. The van der Waals surface area contributed by atoms with Crippen molar-refractivity contribution in [3.8, 4) is 5.75 Å². The van der Waals surface area contributed by atoms with Crippen LogP contribution in [0.5, 0.6) is 5.75 Å². The van der Waals surface area contributed by atoms with E-state index in [1.54, 1.807) is 7.11 Å². The summed E-state index contributed by atoms with van der Waals surface area (Å²) in [5, 5.41) is 7.01. The zero-order valence-corrected chi connectivity index (χ0v) is 10.9. The largest absolute Gasteiger partial charge is 0.496 e. The van der Waals surface area contributed by atoms with Gasteiger partial charge in [0.25, 0.3) is 0 Å². The number of hydrogen-bond donors (Lipinski definition) is 2. The number of ether oxygens (including phenoxy) is 1. The molecule has 3 rings (SSSR count). The second kappa shape index (κ2) is 5.16. The molecule has 0 spiro atoms. The predicted octanol–water partition coefficient (Wildman–Crippen LogP) is 0.937. The molecule has 1 aromatic rings. The van der Waals surface area contributed by atoms with Crippen LogP contribution < -0.4 is 15.4 Å². The molecule has 0 bridgehead atoms. The van der Waals surface area contributed by atoms with Crippen molar-refractivity contribution in [2.24, 2.45) is 0 Å². The molecule has 18 heavy (non-hydrogen) atoms. The fraction of sp³-hybridized carbons (Fsp3) is 0.571. The van der Waals surface area contributed by atoms with Gasteiger partial charge < -0.3 is 15.4 Å². The van der Waals surface area contributed by atoms with Gasteiger partial charge in [0.2, 0.25) is 0 Å². The minimum Gasteiger partial charge on any atom is -0.496 e. The van der Waals surface area contributed by atoms with Crippen LogP contribution in [0.3, 0.4) is 0 Å². The summed E-state index contributed by atoms with van der Waals surface area (Å²) in [4.78, 5) is 2.53. The van der Waals surface area contributed by atoms with Gasteiger partial charge in [0.15, 0.2) is 0 Å². The normalized spacial score (nSPS) is 23.5. The predicted molar refractivity (Wildman–Crippen MR) is 73.4 cm³/mol. The Kier molecular flexibility index (Phi) is 3.39. The van der Waals surface area contributed by atoms with Crippen LogP contribution in [-0.4, -0.2) is 50.8 Å². The van der Waals surface area contributed by atoms with Gasteiger partial charge in [0.1, 0.15) is 5.75 Å². The van der Waals surface area contributed by atoms with Crippen molar-refractivity contribution >= 4 is 5.69 Å². The Morgan fingerprint density at radius 1 is 1.33 bits per heavy atom. The van der Waals surface area contributed by atoms with Crippen LogP contribution in [0.15, 0.2) is 18.2 Å². The monoisotopic (exact) mass is 247 g/mol. The van der Waals surface area contributed by atoms with Gasteiger partial charge in [-0.25, -0.2) is 0 Å². The van der Waals surface area contributed by atoms with Gasteiger partial charge in [-0.05, 0) is 18.6 Å². The van der Waals surface area contributed by atoms with Crippen LogP contribution in [0, 0.1) is 0 Å². The van der Waals surface area contributed by atoms with Crippen molar-refractivity contribution in [1.82, 2.24) is 10.2 Å². The Morgan fingerprint density at radius 2 is 2.17 bits per heavy atom. The van der Waals surface area contributed by atoms with Crippen LogP contribution in [0.25, 0.3) is 0 Å². The lowest BCUT2D eigenvalue weighted by Crippen LogP contribution is -2.47. The number of rotatable bonds is 3. The van der Waals surface area contributed by atoms with E-state index in [9.17, 15) is 0 Å². The van der Waals surface area contributed by atoms with Gasteiger partial charge >= 0.3 is 0 Å². The van der Waals surface area contributed by atoms with Gasteiger partial charge in [-0.15, -0.1) is 0 Å². The first-order valence-corrected chi connectivity index (χ1v) is 6.72. The molecule has 4 nitrogen and oxygen atoms in total. The molecule has 2 N–H and O–H groups in total. The third-order valence-electron chi connectivity index (χ3n) is 3.85. The van der Waals surface area contributed by atoms with Crippen molar-refractivity contribution < 1.29 is 4.74 Å². The average molecular weight is 247 g/mol. The Bertz CT molecular complexity index is 416. The summed E-state index contributed by atoms with van der Waals surface area (Å²) in [5.41, 5.74) is 2.58. The van der Waals surface area contributed by atoms with E-state index in [2.05, 4.69) is 27.7 Å². The van der Waals surface area contributed by atoms with Crippen LogP contribution in [0.4, 0.5) is 5.69 Å². The molecule has 0 radical (unpaired) electrons. The second-order valence-electron chi connectivity index (χ2n) is 5.08. The molecule has 1 atom stereocenters. The number of nitrogens with one attached hydrogen (secondary N) is 2. The highest BCUT2D eigenvalue weighted by molar-refractivity contribution is 5.62. The van der Waals surface area contributed by atoms with E-state index in [-0.39, 0.29) is 0 Å². The molecule has 0 saturated carbocycles. The highest BCUT2D eigenvalue weighted by atomic mass is 16.5. The third kappa shape index (κ3) is 2.31. The molecule has 0 aliphatic carbocycles. The van der Waals surface area contributed by atoms with Crippen LogP contribution in [0.2, 0.25) is 0 Å². The maximum atomic E-state index is 5.43. The summed E-state index contributed by atoms with van der Waals surface area (Å²) < 4.78 is 5.43. The number of anilines is 1. The molecule has 2 aliphatic rings. The highest BCUT2D eigenvalue weighted by Gasteiger charge is 2.25. The molecule has 0 aromatic heterocycles. The maximum absolute atomic E-state index is 5.43. The van der Waals surface area contributed by atoms with Gasteiger partial charge in [-0.1, -0.05) is 6.07 Å². The molecule has 2 aliphatic heterocycles. The van der Waals surface area contributed by atoms with Gasteiger partial charge in [0, 0.05) is 50.0 Å². The van der Waals surface area contributed by atoms with E-state index in [0.29, 0.717) is 6.04 Å². The average Bonchev–Trinajstić information content (AvgIpc) is 2.82. The lowest BCUT2D eigenvalue weighted by molar-refractivity contribution is 0.232. The van der Waals surface area contributed by atoms with Crippen molar-refractivity contribution in [3.63, 3.8) is 0 Å². The third-order valence-corrected chi connectivity index (χ3v) is 3.85. The Hall–Kier alpha value is -1.26. The second-order valence-corrected chi connectivity index (χ2v) is 5.08. The lowest BCUT2D eigenvalue weighted by atomic mass is 10.1. The Labute approximate surface area is 108 Å². The summed E-state index contributed by atoms with van der Waals surface area (Å²) in [6.07, 6.45) is 1.07. The molecule has 4 heteroatoms. The van der Waals surface area contributed by atoms with Gasteiger partial charge in [0.05, 0.1) is 7.11 Å². The number of hydrogen-bond acceptors (Lipinski definition) is 4. The fourth-order valence-electron chi connectivity index (χ4n) is 2.94. The van der Waals surface area contributed by atoms with Crippen LogP contribution >= 0.6 is 0 Å². The molecular weight excluding hydrogens is 226 g/mol. The first-order chi connectivity index (χ1) is 8.86. The number of methoxy groups -OCH3 is 1. The summed E-state index contributed by atoms with van der Waals surface area (Å²) in [6, 6.07) is 6.77. The molecule has 1 unspecified atom stereocenters. The van der Waals surface area contributed by atoms with E-state index in [1.807, 2.05) is 6.07 Å². The SMILES string of the molecule is COc1cccc2c1CC(CN1CCNCC1)N2. The quantitative estimate of drug-likeness (QED) is 0.833. The van der Waals surface area contributed by atoms with Gasteiger partial charge in [-0.2, -0.15) is 0 Å². The van der Waals surface area contributed by atoms with E-state index < -0.39 is 0 Å². The van der Waals surface area contributed by atoms with Gasteiger partial charge in [-0.3, -0.25) is 4.90 Å². The first kappa shape index (κ1) is 11.8. The number of piperazine rings is 1. The molecule has 0 amide bonds. The zero-order valence-electron chi connectivity index (χ0n) is 10.9.